The molecular formula is C17H23N5O5S2. The summed E-state index contributed by atoms with van der Waals surface area (Å²) in [5.41, 5.74) is 0.500. The average Bonchev–Trinajstić information content (AvgIpc) is 2.94. The third kappa shape index (κ3) is 4.66. The SMILES string of the molecule is CC(=O)Nc1ccc(S(=O)(=O)N2CCCN(S(=O)(=O)c3cn(C)cn3)CC2)cc1. The first-order valence-corrected chi connectivity index (χ1v) is 11.8. The zero-order chi connectivity index (χ0) is 21.2. The molecule has 2 aromatic rings. The molecule has 0 radical (unpaired) electrons. The molecule has 1 N–H and O–H groups in total. The molecule has 158 valence electrons. The summed E-state index contributed by atoms with van der Waals surface area (Å²) in [4.78, 5) is 15.1. The molecule has 0 saturated carbocycles. The largest absolute Gasteiger partial charge is 0.339 e. The van der Waals surface area contributed by atoms with Gasteiger partial charge in [-0.3, -0.25) is 4.79 Å². The monoisotopic (exact) mass is 441 g/mol. The Labute approximate surface area is 170 Å². The van der Waals surface area contributed by atoms with Crippen LogP contribution in [0.3, 0.4) is 0 Å². The fourth-order valence-corrected chi connectivity index (χ4v) is 5.97. The van der Waals surface area contributed by atoms with E-state index < -0.39 is 20.0 Å². The number of rotatable bonds is 5. The van der Waals surface area contributed by atoms with Crippen LogP contribution < -0.4 is 5.32 Å². The molecule has 0 bridgehead atoms. The van der Waals surface area contributed by atoms with Crippen LogP contribution in [0.5, 0.6) is 0 Å². The Balaban J connectivity index is 1.75. The lowest BCUT2D eigenvalue weighted by molar-refractivity contribution is -0.114. The van der Waals surface area contributed by atoms with E-state index in [4.69, 9.17) is 0 Å². The van der Waals surface area contributed by atoms with E-state index in [0.717, 1.165) is 0 Å². The fourth-order valence-electron chi connectivity index (χ4n) is 3.07. The van der Waals surface area contributed by atoms with Gasteiger partial charge in [0, 0.05) is 52.0 Å². The summed E-state index contributed by atoms with van der Waals surface area (Å²) in [5.74, 6) is -0.248. The van der Waals surface area contributed by atoms with Crippen LogP contribution in [0.25, 0.3) is 0 Å². The second kappa shape index (κ2) is 8.22. The Kier molecular flexibility index (Phi) is 6.08. The van der Waals surface area contributed by atoms with Crippen molar-refractivity contribution in [1.82, 2.24) is 18.2 Å². The van der Waals surface area contributed by atoms with Crippen molar-refractivity contribution in [3.63, 3.8) is 0 Å². The molecule has 29 heavy (non-hydrogen) atoms. The van der Waals surface area contributed by atoms with Crippen molar-refractivity contribution >= 4 is 31.6 Å². The number of nitrogens with zero attached hydrogens (tertiary/aromatic N) is 4. The standard InChI is InChI=1S/C17H23N5O5S2/c1-14(23)19-15-4-6-16(7-5-15)28(24,25)21-8-3-9-22(11-10-21)29(26,27)17-12-20(2)13-18-17/h4-7,12-13H,3,8-11H2,1-2H3,(H,19,23). The lowest BCUT2D eigenvalue weighted by Crippen LogP contribution is -2.37. The molecule has 0 aliphatic carbocycles. The van der Waals surface area contributed by atoms with Crippen LogP contribution in [0, 0.1) is 0 Å². The van der Waals surface area contributed by atoms with Gasteiger partial charge in [0.1, 0.15) is 0 Å². The lowest BCUT2D eigenvalue weighted by Gasteiger charge is -2.21. The number of hydrogen-bond acceptors (Lipinski definition) is 6. The number of benzene rings is 1. The van der Waals surface area contributed by atoms with Gasteiger partial charge in [-0.1, -0.05) is 0 Å². The zero-order valence-corrected chi connectivity index (χ0v) is 17.8. The lowest BCUT2D eigenvalue weighted by atomic mass is 10.3. The summed E-state index contributed by atoms with van der Waals surface area (Å²) < 4.78 is 55.5. The maximum absolute atomic E-state index is 13.0. The number of aromatic nitrogens is 2. The van der Waals surface area contributed by atoms with Crippen LogP contribution in [-0.2, 0) is 31.9 Å². The molecule has 1 amide bonds. The Hall–Kier alpha value is -2.28. The summed E-state index contributed by atoms with van der Waals surface area (Å²) in [5, 5.41) is 2.53. The highest BCUT2D eigenvalue weighted by Gasteiger charge is 2.32. The third-order valence-corrected chi connectivity index (χ3v) is 8.21. The summed E-state index contributed by atoms with van der Waals surface area (Å²) in [7, 11) is -5.88. The van der Waals surface area contributed by atoms with Gasteiger partial charge in [-0.15, -0.1) is 0 Å². The highest BCUT2D eigenvalue weighted by atomic mass is 32.2. The van der Waals surface area contributed by atoms with Crippen molar-refractivity contribution in [2.24, 2.45) is 7.05 Å². The van der Waals surface area contributed by atoms with Gasteiger partial charge in [-0.05, 0) is 30.7 Å². The van der Waals surface area contributed by atoms with Crippen LogP contribution >= 0.6 is 0 Å². The zero-order valence-electron chi connectivity index (χ0n) is 16.1. The smallest absolute Gasteiger partial charge is 0.262 e. The molecule has 3 rings (SSSR count). The van der Waals surface area contributed by atoms with Gasteiger partial charge in [-0.25, -0.2) is 21.8 Å². The number of amides is 1. The van der Waals surface area contributed by atoms with E-state index in [9.17, 15) is 21.6 Å². The number of imidazole rings is 1. The van der Waals surface area contributed by atoms with E-state index in [-0.39, 0.29) is 42.0 Å². The van der Waals surface area contributed by atoms with Crippen LogP contribution in [0.4, 0.5) is 5.69 Å². The van der Waals surface area contributed by atoms with Gasteiger partial charge in [0.05, 0.1) is 11.2 Å². The van der Waals surface area contributed by atoms with E-state index in [2.05, 4.69) is 10.3 Å². The Morgan fingerprint density at radius 3 is 2.07 bits per heavy atom. The van der Waals surface area contributed by atoms with Gasteiger partial charge in [0.25, 0.3) is 10.0 Å². The van der Waals surface area contributed by atoms with Crippen molar-refractivity contribution in [2.75, 3.05) is 31.5 Å². The molecule has 1 aromatic heterocycles. The maximum atomic E-state index is 13.0. The second-order valence-electron chi connectivity index (χ2n) is 6.74. The number of sulfonamides is 2. The summed E-state index contributed by atoms with van der Waals surface area (Å²) in [6.07, 6.45) is 3.20. The number of nitrogens with one attached hydrogen (secondary N) is 1. The molecule has 1 aliphatic rings. The minimum atomic E-state index is -3.78. The second-order valence-corrected chi connectivity index (χ2v) is 10.6. The van der Waals surface area contributed by atoms with Crippen LogP contribution in [0.2, 0.25) is 0 Å². The molecule has 0 unspecified atom stereocenters. The normalized spacial score (nSPS) is 17.0. The van der Waals surface area contributed by atoms with E-state index >= 15 is 0 Å². The summed E-state index contributed by atoms with van der Waals surface area (Å²) in [6, 6.07) is 5.88. The van der Waals surface area contributed by atoms with E-state index in [1.165, 1.54) is 52.3 Å². The van der Waals surface area contributed by atoms with Gasteiger partial charge >= 0.3 is 0 Å². The molecule has 12 heteroatoms. The number of anilines is 1. The molecule has 10 nitrogen and oxygen atoms in total. The highest BCUT2D eigenvalue weighted by molar-refractivity contribution is 7.89. The van der Waals surface area contributed by atoms with Crippen LogP contribution in [0.1, 0.15) is 13.3 Å². The van der Waals surface area contributed by atoms with E-state index in [1.54, 1.807) is 11.6 Å². The molecule has 0 atom stereocenters. The summed E-state index contributed by atoms with van der Waals surface area (Å²) >= 11 is 0. The summed E-state index contributed by atoms with van der Waals surface area (Å²) in [6.45, 7) is 1.88. The van der Waals surface area contributed by atoms with E-state index in [0.29, 0.717) is 12.1 Å². The van der Waals surface area contributed by atoms with E-state index in [1.807, 2.05) is 0 Å². The van der Waals surface area contributed by atoms with Crippen molar-refractivity contribution in [3.8, 4) is 0 Å². The molecule has 1 aliphatic heterocycles. The minimum absolute atomic E-state index is 0.0435. The average molecular weight is 442 g/mol. The van der Waals surface area contributed by atoms with Crippen molar-refractivity contribution < 1.29 is 21.6 Å². The van der Waals surface area contributed by atoms with Crippen LogP contribution in [-0.4, -0.2) is 67.1 Å². The van der Waals surface area contributed by atoms with Gasteiger partial charge in [0.2, 0.25) is 15.9 Å². The van der Waals surface area contributed by atoms with Crippen LogP contribution in [0.15, 0.2) is 46.7 Å². The predicted octanol–water partition coefficient (Wildman–Crippen LogP) is 0.464. The minimum Gasteiger partial charge on any atom is -0.339 e. The Bertz CT molecular complexity index is 1090. The first-order valence-electron chi connectivity index (χ1n) is 8.96. The third-order valence-electron chi connectivity index (χ3n) is 4.51. The van der Waals surface area contributed by atoms with Gasteiger partial charge < -0.3 is 9.88 Å². The van der Waals surface area contributed by atoms with Crippen molar-refractivity contribution in [3.05, 3.63) is 36.8 Å². The number of hydrogen-bond donors (Lipinski definition) is 1. The van der Waals surface area contributed by atoms with Gasteiger partial charge in [-0.2, -0.15) is 8.61 Å². The molecule has 1 saturated heterocycles. The molecule has 0 spiro atoms. The molecule has 2 heterocycles. The quantitative estimate of drug-likeness (QED) is 0.720. The van der Waals surface area contributed by atoms with Crippen molar-refractivity contribution in [2.45, 2.75) is 23.3 Å². The molecule has 1 aromatic carbocycles. The maximum Gasteiger partial charge on any atom is 0.262 e. The molecular weight excluding hydrogens is 418 g/mol. The number of aryl methyl sites for hydroxylation is 1. The topological polar surface area (TPSA) is 122 Å². The number of carbonyl (C=O) groups excluding carboxylic acids is 1. The Morgan fingerprint density at radius 1 is 0.966 bits per heavy atom. The molecule has 1 fully saturated rings. The predicted molar refractivity (Wildman–Crippen MR) is 106 cm³/mol. The number of carbonyl (C=O) groups is 1. The first-order chi connectivity index (χ1) is 13.6. The van der Waals surface area contributed by atoms with Crippen molar-refractivity contribution in [1.29, 1.82) is 0 Å². The fraction of sp³-hybridized carbons (Fsp3) is 0.412. The highest BCUT2D eigenvalue weighted by Crippen LogP contribution is 2.22. The first kappa shape index (κ1) is 21.4. The Morgan fingerprint density at radius 2 is 1.55 bits per heavy atom. The van der Waals surface area contributed by atoms with Gasteiger partial charge in [0.15, 0.2) is 5.03 Å².